The van der Waals surface area contributed by atoms with Gasteiger partial charge in [0.25, 0.3) is 0 Å². The first-order valence-corrected chi connectivity index (χ1v) is 8.96. The van der Waals surface area contributed by atoms with Crippen LogP contribution in [0.3, 0.4) is 0 Å². The summed E-state index contributed by atoms with van der Waals surface area (Å²) in [4.78, 5) is 0. The molecule has 2 aromatic carbocycles. The quantitative estimate of drug-likeness (QED) is 0.640. The van der Waals surface area contributed by atoms with Crippen molar-refractivity contribution >= 4 is 0 Å². The summed E-state index contributed by atoms with van der Waals surface area (Å²) in [6.45, 7) is 9.13. The van der Waals surface area contributed by atoms with Crippen LogP contribution >= 0.6 is 0 Å². The Morgan fingerprint density at radius 2 is 1.48 bits per heavy atom. The van der Waals surface area contributed by atoms with Crippen LogP contribution in [0.2, 0.25) is 0 Å². The zero-order valence-corrected chi connectivity index (χ0v) is 16.5. The van der Waals surface area contributed by atoms with Gasteiger partial charge in [0.1, 0.15) is 17.2 Å². The highest BCUT2D eigenvalue weighted by Gasteiger charge is 2.00. The molecule has 0 radical (unpaired) electrons. The van der Waals surface area contributed by atoms with Crippen molar-refractivity contribution in [1.82, 2.24) is 0 Å². The lowest BCUT2D eigenvalue weighted by atomic mass is 10.1. The summed E-state index contributed by atoms with van der Waals surface area (Å²) < 4.78 is 15.9. The summed E-state index contributed by atoms with van der Waals surface area (Å²) in [6.07, 6.45) is 3.36. The number of ether oxygens (including phenoxy) is 3. The van der Waals surface area contributed by atoms with Crippen LogP contribution in [-0.4, -0.2) is 20.8 Å². The lowest BCUT2D eigenvalue weighted by Crippen LogP contribution is -1.95. The Hall–Kier alpha value is -2.16. The molecule has 138 valence electrons. The first kappa shape index (κ1) is 20.9. The largest absolute Gasteiger partial charge is 0.496 e. The Morgan fingerprint density at radius 1 is 0.760 bits per heavy atom. The van der Waals surface area contributed by atoms with Gasteiger partial charge in [-0.25, -0.2) is 0 Å². The van der Waals surface area contributed by atoms with Crippen LogP contribution in [0.4, 0.5) is 0 Å². The Bertz CT molecular complexity index is 635. The van der Waals surface area contributed by atoms with Crippen molar-refractivity contribution in [2.24, 2.45) is 0 Å². The molecular weight excluding hydrogens is 312 g/mol. The maximum absolute atomic E-state index is 5.48. The Labute approximate surface area is 152 Å². The molecule has 0 N–H and O–H groups in total. The molecule has 2 aromatic rings. The first-order valence-electron chi connectivity index (χ1n) is 8.96. The number of hydrogen-bond acceptors (Lipinski definition) is 3. The Kier molecular flexibility index (Phi) is 9.53. The fourth-order valence-corrected chi connectivity index (χ4v) is 2.47. The maximum Gasteiger partial charge on any atom is 0.122 e. The lowest BCUT2D eigenvalue weighted by molar-refractivity contribution is 0.316. The summed E-state index contributed by atoms with van der Waals surface area (Å²) in [7, 11) is 3.40. The standard InChI is InChI=1S/C11H16O2.C11H16O/c1-4-7-13-10-5-6-11(12-3)9(2)8-10;1-4-5-10-7-6-9(2)11(8-10)12-3/h5-6,8H,4,7H2,1-3H3;6-8H,4-5H2,1-3H3. The van der Waals surface area contributed by atoms with E-state index in [1.807, 2.05) is 25.1 Å². The average molecular weight is 344 g/mol. The third kappa shape index (κ3) is 7.08. The molecule has 0 aromatic heterocycles. The van der Waals surface area contributed by atoms with Gasteiger partial charge in [-0.1, -0.05) is 32.4 Å². The Morgan fingerprint density at radius 3 is 2.04 bits per heavy atom. The van der Waals surface area contributed by atoms with E-state index in [0.29, 0.717) is 0 Å². The molecule has 0 fully saturated rings. The van der Waals surface area contributed by atoms with Gasteiger partial charge in [0.05, 0.1) is 20.8 Å². The molecule has 0 bridgehead atoms. The molecule has 0 unspecified atom stereocenters. The SMILES string of the molecule is CCCOc1ccc(OC)c(C)c1.CCCc1ccc(C)c(OC)c1. The molecule has 0 saturated heterocycles. The third-order valence-electron chi connectivity index (χ3n) is 3.85. The zero-order valence-electron chi connectivity index (χ0n) is 16.5. The minimum Gasteiger partial charge on any atom is -0.496 e. The van der Waals surface area contributed by atoms with Crippen LogP contribution in [0.25, 0.3) is 0 Å². The van der Waals surface area contributed by atoms with E-state index in [0.717, 1.165) is 42.3 Å². The fourth-order valence-electron chi connectivity index (χ4n) is 2.47. The molecule has 3 heteroatoms. The molecule has 0 aliphatic heterocycles. The normalized spacial score (nSPS) is 9.84. The topological polar surface area (TPSA) is 27.7 Å². The van der Waals surface area contributed by atoms with Crippen molar-refractivity contribution in [2.75, 3.05) is 20.8 Å². The second-order valence-electron chi connectivity index (χ2n) is 6.03. The van der Waals surface area contributed by atoms with Crippen LogP contribution in [0.1, 0.15) is 43.4 Å². The molecule has 0 saturated carbocycles. The van der Waals surface area contributed by atoms with Crippen LogP contribution in [0, 0.1) is 13.8 Å². The van der Waals surface area contributed by atoms with Crippen molar-refractivity contribution < 1.29 is 14.2 Å². The van der Waals surface area contributed by atoms with Crippen molar-refractivity contribution in [2.45, 2.75) is 47.0 Å². The highest BCUT2D eigenvalue weighted by molar-refractivity contribution is 5.39. The lowest BCUT2D eigenvalue weighted by Gasteiger charge is -2.08. The van der Waals surface area contributed by atoms with Gasteiger partial charge in [0, 0.05) is 0 Å². The molecule has 0 aliphatic carbocycles. The predicted octanol–water partition coefficient (Wildman–Crippen LogP) is 5.75. The fraction of sp³-hybridized carbons (Fsp3) is 0.455. The number of hydrogen-bond donors (Lipinski definition) is 0. The van der Waals surface area contributed by atoms with Gasteiger partial charge < -0.3 is 14.2 Å². The molecule has 0 spiro atoms. The monoisotopic (exact) mass is 344 g/mol. The van der Waals surface area contributed by atoms with E-state index in [4.69, 9.17) is 14.2 Å². The van der Waals surface area contributed by atoms with E-state index in [1.165, 1.54) is 17.5 Å². The van der Waals surface area contributed by atoms with Crippen LogP contribution in [0.15, 0.2) is 36.4 Å². The second-order valence-corrected chi connectivity index (χ2v) is 6.03. The van der Waals surface area contributed by atoms with Gasteiger partial charge in [-0.15, -0.1) is 0 Å². The van der Waals surface area contributed by atoms with Crippen LogP contribution in [0.5, 0.6) is 17.2 Å². The van der Waals surface area contributed by atoms with Crippen molar-refractivity contribution in [3.8, 4) is 17.2 Å². The smallest absolute Gasteiger partial charge is 0.122 e. The first-order chi connectivity index (χ1) is 12.0. The summed E-state index contributed by atoms with van der Waals surface area (Å²) >= 11 is 0. The zero-order chi connectivity index (χ0) is 18.7. The van der Waals surface area contributed by atoms with Gasteiger partial charge in [-0.05, 0) is 67.6 Å². The molecular formula is C22H32O3. The van der Waals surface area contributed by atoms with Crippen LogP contribution < -0.4 is 14.2 Å². The van der Waals surface area contributed by atoms with Crippen molar-refractivity contribution in [1.29, 1.82) is 0 Å². The van der Waals surface area contributed by atoms with Gasteiger partial charge in [-0.2, -0.15) is 0 Å². The average Bonchev–Trinajstić information content (AvgIpc) is 2.62. The molecule has 0 aliphatic rings. The summed E-state index contributed by atoms with van der Waals surface area (Å²) in [5.41, 5.74) is 3.67. The third-order valence-corrected chi connectivity index (χ3v) is 3.85. The number of benzene rings is 2. The summed E-state index contributed by atoms with van der Waals surface area (Å²) in [6, 6.07) is 12.3. The molecule has 0 amide bonds. The number of rotatable bonds is 7. The second kappa shape index (κ2) is 11.4. The van der Waals surface area contributed by atoms with E-state index in [-0.39, 0.29) is 0 Å². The van der Waals surface area contributed by atoms with Crippen molar-refractivity contribution in [3.05, 3.63) is 53.1 Å². The van der Waals surface area contributed by atoms with E-state index in [1.54, 1.807) is 14.2 Å². The predicted molar refractivity (Wildman–Crippen MR) is 105 cm³/mol. The van der Waals surface area contributed by atoms with Crippen LogP contribution in [-0.2, 0) is 6.42 Å². The highest BCUT2D eigenvalue weighted by Crippen LogP contribution is 2.23. The van der Waals surface area contributed by atoms with Gasteiger partial charge in [0.15, 0.2) is 0 Å². The van der Waals surface area contributed by atoms with Crippen molar-refractivity contribution in [3.63, 3.8) is 0 Å². The number of aryl methyl sites for hydroxylation is 3. The van der Waals surface area contributed by atoms with Gasteiger partial charge in [-0.3, -0.25) is 0 Å². The van der Waals surface area contributed by atoms with E-state index in [9.17, 15) is 0 Å². The maximum atomic E-state index is 5.48. The summed E-state index contributed by atoms with van der Waals surface area (Å²) in [5, 5.41) is 0. The molecule has 25 heavy (non-hydrogen) atoms. The minimum absolute atomic E-state index is 0.770. The highest BCUT2D eigenvalue weighted by atomic mass is 16.5. The molecule has 0 heterocycles. The molecule has 2 rings (SSSR count). The molecule has 0 atom stereocenters. The Balaban J connectivity index is 0.000000251. The molecule has 3 nitrogen and oxygen atoms in total. The van der Waals surface area contributed by atoms with E-state index >= 15 is 0 Å². The number of methoxy groups -OCH3 is 2. The van der Waals surface area contributed by atoms with E-state index < -0.39 is 0 Å². The summed E-state index contributed by atoms with van der Waals surface area (Å²) in [5.74, 6) is 2.82. The van der Waals surface area contributed by atoms with Gasteiger partial charge in [0.2, 0.25) is 0 Å². The van der Waals surface area contributed by atoms with Gasteiger partial charge >= 0.3 is 0 Å². The van der Waals surface area contributed by atoms with E-state index in [2.05, 4.69) is 39.0 Å². The minimum atomic E-state index is 0.770.